The lowest BCUT2D eigenvalue weighted by Crippen LogP contribution is -1.95. The van der Waals surface area contributed by atoms with E-state index in [1.807, 2.05) is 37.3 Å². The molecule has 0 bridgehead atoms. The fourth-order valence-corrected chi connectivity index (χ4v) is 3.61. The van der Waals surface area contributed by atoms with Gasteiger partial charge in [0.1, 0.15) is 10.8 Å². The van der Waals surface area contributed by atoms with Gasteiger partial charge in [0, 0.05) is 34.6 Å². The number of nitrogen functional groups attached to an aromatic ring is 1. The SMILES string of the molecule is Cc1cnc(Sc2ccccc2-c2ccc(-c3cnc(N)nc3)c(F)c2)cn1. The third-order valence-corrected chi connectivity index (χ3v) is 5.12. The fourth-order valence-electron chi connectivity index (χ4n) is 2.73. The first kappa shape index (κ1) is 18.1. The minimum Gasteiger partial charge on any atom is -0.368 e. The van der Waals surface area contributed by atoms with E-state index < -0.39 is 0 Å². The van der Waals surface area contributed by atoms with Crippen molar-refractivity contribution < 1.29 is 4.39 Å². The van der Waals surface area contributed by atoms with Crippen LogP contribution in [-0.4, -0.2) is 19.9 Å². The topological polar surface area (TPSA) is 77.6 Å². The molecule has 0 aliphatic carbocycles. The molecule has 138 valence electrons. The molecule has 28 heavy (non-hydrogen) atoms. The average molecular weight is 389 g/mol. The molecule has 0 saturated carbocycles. The van der Waals surface area contributed by atoms with Crippen LogP contribution in [0.5, 0.6) is 0 Å². The van der Waals surface area contributed by atoms with Crippen LogP contribution in [0.3, 0.4) is 0 Å². The van der Waals surface area contributed by atoms with E-state index in [1.165, 1.54) is 30.2 Å². The Balaban J connectivity index is 1.68. The third-order valence-electron chi connectivity index (χ3n) is 4.12. The molecule has 2 heterocycles. The highest BCUT2D eigenvalue weighted by atomic mass is 32.2. The van der Waals surface area contributed by atoms with Crippen LogP contribution in [0.1, 0.15) is 5.69 Å². The number of aryl methyl sites for hydroxylation is 1. The lowest BCUT2D eigenvalue weighted by atomic mass is 10.0. The Morgan fingerprint density at radius 3 is 2.32 bits per heavy atom. The molecule has 7 heteroatoms. The van der Waals surface area contributed by atoms with E-state index in [9.17, 15) is 4.39 Å². The summed E-state index contributed by atoms with van der Waals surface area (Å²) in [6.07, 6.45) is 6.50. The zero-order valence-electron chi connectivity index (χ0n) is 15.0. The van der Waals surface area contributed by atoms with E-state index in [4.69, 9.17) is 5.73 Å². The van der Waals surface area contributed by atoms with Gasteiger partial charge in [-0.2, -0.15) is 0 Å². The van der Waals surface area contributed by atoms with Gasteiger partial charge in [-0.1, -0.05) is 42.1 Å². The smallest absolute Gasteiger partial charge is 0.219 e. The number of halogens is 1. The molecule has 2 aromatic carbocycles. The monoisotopic (exact) mass is 389 g/mol. The summed E-state index contributed by atoms with van der Waals surface area (Å²) in [7, 11) is 0. The summed E-state index contributed by atoms with van der Waals surface area (Å²) in [5, 5.41) is 0.786. The molecule has 2 N–H and O–H groups in total. The van der Waals surface area contributed by atoms with E-state index in [0.717, 1.165) is 26.7 Å². The third kappa shape index (κ3) is 3.84. The van der Waals surface area contributed by atoms with Crippen LogP contribution in [0.2, 0.25) is 0 Å². The van der Waals surface area contributed by atoms with Gasteiger partial charge in [-0.25, -0.2) is 19.3 Å². The first-order valence-corrected chi connectivity index (χ1v) is 9.35. The zero-order chi connectivity index (χ0) is 19.5. The maximum Gasteiger partial charge on any atom is 0.219 e. The molecule has 5 nitrogen and oxygen atoms in total. The second-order valence-corrected chi connectivity index (χ2v) is 7.18. The van der Waals surface area contributed by atoms with E-state index in [0.29, 0.717) is 11.1 Å². The summed E-state index contributed by atoms with van der Waals surface area (Å²) in [4.78, 5) is 17.5. The number of hydrogen-bond acceptors (Lipinski definition) is 6. The normalized spacial score (nSPS) is 10.8. The number of nitrogens with zero attached hydrogens (tertiary/aromatic N) is 4. The second-order valence-electron chi connectivity index (χ2n) is 6.12. The van der Waals surface area contributed by atoms with Gasteiger partial charge in [0.05, 0.1) is 11.9 Å². The number of aromatic nitrogens is 4. The summed E-state index contributed by atoms with van der Waals surface area (Å²) in [5.41, 5.74) is 9.08. The standard InChI is InChI=1S/C21H16FN5S/c1-13-9-25-20(12-24-13)28-19-5-3-2-4-17(19)14-6-7-16(18(22)8-14)15-10-26-21(23)27-11-15/h2-12H,1H3,(H2,23,26,27). The Hall–Kier alpha value is -3.32. The molecule has 4 aromatic rings. The van der Waals surface area contributed by atoms with Gasteiger partial charge in [0.2, 0.25) is 5.95 Å². The van der Waals surface area contributed by atoms with Crippen LogP contribution in [0.4, 0.5) is 10.3 Å². The zero-order valence-corrected chi connectivity index (χ0v) is 15.8. The summed E-state index contributed by atoms with van der Waals surface area (Å²) >= 11 is 1.50. The molecule has 4 rings (SSSR count). The fraction of sp³-hybridized carbons (Fsp3) is 0.0476. The molecule has 0 aliphatic heterocycles. The van der Waals surface area contributed by atoms with Crippen LogP contribution in [-0.2, 0) is 0 Å². The predicted molar refractivity (Wildman–Crippen MR) is 108 cm³/mol. The van der Waals surface area contributed by atoms with E-state index in [2.05, 4.69) is 19.9 Å². The van der Waals surface area contributed by atoms with Crippen LogP contribution < -0.4 is 5.73 Å². The van der Waals surface area contributed by atoms with E-state index in [1.54, 1.807) is 18.5 Å². The number of rotatable bonds is 4. The Morgan fingerprint density at radius 2 is 1.61 bits per heavy atom. The number of nitrogens with two attached hydrogens (primary N) is 1. The van der Waals surface area contributed by atoms with Crippen LogP contribution in [0.15, 0.2) is 77.2 Å². The Morgan fingerprint density at radius 1 is 0.821 bits per heavy atom. The van der Waals surface area contributed by atoms with Crippen molar-refractivity contribution in [2.75, 3.05) is 5.73 Å². The van der Waals surface area contributed by atoms with E-state index >= 15 is 0 Å². The van der Waals surface area contributed by atoms with Crippen molar-refractivity contribution in [2.24, 2.45) is 0 Å². The summed E-state index contributed by atoms with van der Waals surface area (Å²) in [6, 6.07) is 13.0. The molecule has 0 aliphatic rings. The van der Waals surface area contributed by atoms with E-state index in [-0.39, 0.29) is 11.8 Å². The molecule has 0 unspecified atom stereocenters. The summed E-state index contributed by atoms with van der Waals surface area (Å²) < 4.78 is 14.8. The van der Waals surface area contributed by atoms with Crippen molar-refractivity contribution in [2.45, 2.75) is 16.8 Å². The largest absolute Gasteiger partial charge is 0.368 e. The molecular weight excluding hydrogens is 373 g/mol. The molecular formula is C21H16FN5S. The highest BCUT2D eigenvalue weighted by Gasteiger charge is 2.12. The molecule has 0 atom stereocenters. The molecule has 0 radical (unpaired) electrons. The first-order valence-electron chi connectivity index (χ1n) is 8.53. The summed E-state index contributed by atoms with van der Waals surface area (Å²) in [6.45, 7) is 1.89. The van der Waals surface area contributed by atoms with Crippen molar-refractivity contribution in [3.63, 3.8) is 0 Å². The van der Waals surface area contributed by atoms with Crippen molar-refractivity contribution in [3.8, 4) is 22.3 Å². The van der Waals surface area contributed by atoms with Gasteiger partial charge in [-0.05, 0) is 30.2 Å². The Bertz CT molecular complexity index is 1110. The lowest BCUT2D eigenvalue weighted by Gasteiger charge is -2.11. The van der Waals surface area contributed by atoms with Gasteiger partial charge in [-0.3, -0.25) is 4.98 Å². The van der Waals surface area contributed by atoms with Crippen molar-refractivity contribution in [1.82, 2.24) is 19.9 Å². The maximum absolute atomic E-state index is 14.8. The average Bonchev–Trinajstić information content (AvgIpc) is 2.71. The van der Waals surface area contributed by atoms with Gasteiger partial charge < -0.3 is 5.73 Å². The number of benzene rings is 2. The van der Waals surface area contributed by atoms with Gasteiger partial charge in [0.25, 0.3) is 0 Å². The number of anilines is 1. The van der Waals surface area contributed by atoms with Gasteiger partial charge >= 0.3 is 0 Å². The summed E-state index contributed by atoms with van der Waals surface area (Å²) in [5.74, 6) is -0.188. The highest BCUT2D eigenvalue weighted by Crippen LogP contribution is 2.36. The highest BCUT2D eigenvalue weighted by molar-refractivity contribution is 7.99. The lowest BCUT2D eigenvalue weighted by molar-refractivity contribution is 0.631. The van der Waals surface area contributed by atoms with Gasteiger partial charge in [-0.15, -0.1) is 0 Å². The van der Waals surface area contributed by atoms with Crippen molar-refractivity contribution >= 4 is 17.7 Å². The Labute approximate surface area is 165 Å². The minimum absolute atomic E-state index is 0.158. The molecule has 0 saturated heterocycles. The molecule has 0 amide bonds. The molecule has 2 aromatic heterocycles. The molecule has 0 spiro atoms. The Kier molecular flexibility index (Phi) is 4.99. The maximum atomic E-state index is 14.8. The van der Waals surface area contributed by atoms with Crippen molar-refractivity contribution in [1.29, 1.82) is 0 Å². The predicted octanol–water partition coefficient (Wildman–Crippen LogP) is 4.78. The van der Waals surface area contributed by atoms with Crippen molar-refractivity contribution in [3.05, 3.63) is 78.8 Å². The van der Waals surface area contributed by atoms with Crippen LogP contribution >= 0.6 is 11.8 Å². The van der Waals surface area contributed by atoms with Gasteiger partial charge in [0.15, 0.2) is 0 Å². The number of hydrogen-bond donors (Lipinski definition) is 1. The van der Waals surface area contributed by atoms with Crippen LogP contribution in [0, 0.1) is 12.7 Å². The second kappa shape index (κ2) is 7.74. The molecule has 0 fully saturated rings. The van der Waals surface area contributed by atoms with Crippen LogP contribution in [0.25, 0.3) is 22.3 Å². The first-order chi connectivity index (χ1) is 13.6. The quantitative estimate of drug-likeness (QED) is 0.541. The minimum atomic E-state index is -0.346.